The van der Waals surface area contributed by atoms with Crippen LogP contribution in [0.25, 0.3) is 0 Å². The average Bonchev–Trinajstić information content (AvgIpc) is 2.63. The summed E-state index contributed by atoms with van der Waals surface area (Å²) >= 11 is 1.59. The molecule has 0 aliphatic carbocycles. The molecule has 1 unspecified atom stereocenters. The molecule has 3 N–H and O–H groups in total. The Labute approximate surface area is 93.2 Å². The van der Waals surface area contributed by atoms with E-state index in [1.165, 1.54) is 0 Å². The lowest BCUT2D eigenvalue weighted by Gasteiger charge is -2.23. The van der Waals surface area contributed by atoms with Gasteiger partial charge in [-0.15, -0.1) is 11.3 Å². The van der Waals surface area contributed by atoms with Gasteiger partial charge in [0.1, 0.15) is 5.84 Å². The lowest BCUT2D eigenvalue weighted by Crippen LogP contribution is -2.33. The molecule has 0 spiro atoms. The Morgan fingerprint density at radius 3 is 2.93 bits per heavy atom. The minimum absolute atomic E-state index is 0.159. The number of aromatic nitrogens is 1. The maximum atomic E-state index is 8.47. The summed E-state index contributed by atoms with van der Waals surface area (Å²) in [5.41, 5.74) is 6.46. The SMILES string of the molecule is Cc1csc(N(C)C(C)CC(N)=NO)n1. The van der Waals surface area contributed by atoms with E-state index in [0.29, 0.717) is 6.42 Å². The molecule has 1 rings (SSSR count). The minimum atomic E-state index is 0.159. The highest BCUT2D eigenvalue weighted by Gasteiger charge is 2.14. The van der Waals surface area contributed by atoms with E-state index in [1.807, 2.05) is 31.2 Å². The first-order valence-corrected chi connectivity index (χ1v) is 5.54. The molecule has 1 atom stereocenters. The Kier molecular flexibility index (Phi) is 3.90. The Hall–Kier alpha value is -1.30. The van der Waals surface area contributed by atoms with Crippen molar-refractivity contribution in [2.45, 2.75) is 26.3 Å². The first-order chi connectivity index (χ1) is 7.04. The van der Waals surface area contributed by atoms with Gasteiger partial charge in [-0.05, 0) is 13.8 Å². The highest BCUT2D eigenvalue weighted by molar-refractivity contribution is 7.13. The van der Waals surface area contributed by atoms with Crippen LogP contribution < -0.4 is 10.6 Å². The highest BCUT2D eigenvalue weighted by Crippen LogP contribution is 2.21. The first-order valence-electron chi connectivity index (χ1n) is 4.66. The first kappa shape index (κ1) is 11.8. The van der Waals surface area contributed by atoms with Crippen LogP contribution in [-0.2, 0) is 0 Å². The molecular formula is C9H16N4OS. The largest absolute Gasteiger partial charge is 0.409 e. The fourth-order valence-electron chi connectivity index (χ4n) is 1.17. The minimum Gasteiger partial charge on any atom is -0.409 e. The second-order valence-corrected chi connectivity index (χ2v) is 4.36. The van der Waals surface area contributed by atoms with Gasteiger partial charge < -0.3 is 15.8 Å². The third kappa shape index (κ3) is 3.09. The highest BCUT2D eigenvalue weighted by atomic mass is 32.1. The van der Waals surface area contributed by atoms with E-state index in [0.717, 1.165) is 10.8 Å². The van der Waals surface area contributed by atoms with Crippen LogP contribution in [0.15, 0.2) is 10.5 Å². The van der Waals surface area contributed by atoms with Crippen molar-refractivity contribution in [3.63, 3.8) is 0 Å². The number of oxime groups is 1. The van der Waals surface area contributed by atoms with Crippen molar-refractivity contribution in [2.24, 2.45) is 10.9 Å². The van der Waals surface area contributed by atoms with Gasteiger partial charge >= 0.3 is 0 Å². The third-order valence-electron chi connectivity index (χ3n) is 2.20. The van der Waals surface area contributed by atoms with Crippen LogP contribution in [0.4, 0.5) is 5.13 Å². The molecule has 0 saturated heterocycles. The molecule has 1 aromatic heterocycles. The van der Waals surface area contributed by atoms with Crippen LogP contribution >= 0.6 is 11.3 Å². The van der Waals surface area contributed by atoms with Crippen LogP contribution in [0.2, 0.25) is 0 Å². The van der Waals surface area contributed by atoms with Gasteiger partial charge in [0.2, 0.25) is 0 Å². The van der Waals surface area contributed by atoms with Crippen LogP contribution in [0, 0.1) is 6.92 Å². The fourth-order valence-corrected chi connectivity index (χ4v) is 2.04. The van der Waals surface area contributed by atoms with Gasteiger partial charge in [0.25, 0.3) is 0 Å². The van der Waals surface area contributed by atoms with Crippen molar-refractivity contribution in [2.75, 3.05) is 11.9 Å². The smallest absolute Gasteiger partial charge is 0.185 e. The molecule has 0 aliphatic rings. The van der Waals surface area contributed by atoms with E-state index in [9.17, 15) is 0 Å². The monoisotopic (exact) mass is 228 g/mol. The van der Waals surface area contributed by atoms with Crippen molar-refractivity contribution in [3.8, 4) is 0 Å². The Morgan fingerprint density at radius 2 is 2.47 bits per heavy atom. The molecule has 0 aliphatic heterocycles. The number of aryl methyl sites for hydroxylation is 1. The van der Waals surface area contributed by atoms with Crippen LogP contribution in [0.1, 0.15) is 19.0 Å². The summed E-state index contributed by atoms with van der Waals surface area (Å²) in [5.74, 6) is 0.239. The fraction of sp³-hybridized carbons (Fsp3) is 0.556. The van der Waals surface area contributed by atoms with Crippen LogP contribution in [-0.4, -0.2) is 29.1 Å². The summed E-state index contributed by atoms with van der Waals surface area (Å²) in [4.78, 5) is 6.39. The number of nitrogens with zero attached hydrogens (tertiary/aromatic N) is 3. The molecule has 15 heavy (non-hydrogen) atoms. The van der Waals surface area contributed by atoms with E-state index in [-0.39, 0.29) is 11.9 Å². The van der Waals surface area contributed by atoms with Gasteiger partial charge in [-0.1, -0.05) is 5.16 Å². The molecule has 0 aromatic carbocycles. The number of rotatable bonds is 4. The summed E-state index contributed by atoms with van der Waals surface area (Å²) in [7, 11) is 1.95. The van der Waals surface area contributed by atoms with Gasteiger partial charge in [0, 0.05) is 24.9 Å². The molecular weight excluding hydrogens is 212 g/mol. The lowest BCUT2D eigenvalue weighted by molar-refractivity contribution is 0.316. The second kappa shape index (κ2) is 4.97. The van der Waals surface area contributed by atoms with Gasteiger partial charge in [-0.2, -0.15) is 0 Å². The molecule has 0 saturated carbocycles. The molecule has 0 bridgehead atoms. The molecule has 5 nitrogen and oxygen atoms in total. The van der Waals surface area contributed by atoms with Gasteiger partial charge in [0.15, 0.2) is 5.13 Å². The molecule has 6 heteroatoms. The Morgan fingerprint density at radius 1 is 1.80 bits per heavy atom. The zero-order valence-corrected chi connectivity index (χ0v) is 9.95. The number of thiazole rings is 1. The Bertz CT molecular complexity index is 350. The van der Waals surface area contributed by atoms with Crippen molar-refractivity contribution in [1.82, 2.24) is 4.98 Å². The van der Waals surface area contributed by atoms with E-state index in [2.05, 4.69) is 10.1 Å². The number of hydrogen-bond acceptors (Lipinski definition) is 5. The topological polar surface area (TPSA) is 74.7 Å². The molecule has 0 fully saturated rings. The van der Waals surface area contributed by atoms with E-state index >= 15 is 0 Å². The zero-order valence-electron chi connectivity index (χ0n) is 9.14. The molecule has 84 valence electrons. The lowest BCUT2D eigenvalue weighted by atomic mass is 10.2. The van der Waals surface area contributed by atoms with E-state index in [4.69, 9.17) is 10.9 Å². The van der Waals surface area contributed by atoms with Gasteiger partial charge in [0.05, 0.1) is 5.69 Å². The van der Waals surface area contributed by atoms with Crippen molar-refractivity contribution in [1.29, 1.82) is 0 Å². The van der Waals surface area contributed by atoms with E-state index in [1.54, 1.807) is 11.3 Å². The molecule has 1 heterocycles. The van der Waals surface area contributed by atoms with Crippen LogP contribution in [0.5, 0.6) is 0 Å². The molecule has 1 aromatic rings. The van der Waals surface area contributed by atoms with Gasteiger partial charge in [-0.3, -0.25) is 0 Å². The Balaban J connectivity index is 2.64. The maximum Gasteiger partial charge on any atom is 0.185 e. The summed E-state index contributed by atoms with van der Waals surface area (Å²) in [5, 5.41) is 14.4. The summed E-state index contributed by atoms with van der Waals surface area (Å²) < 4.78 is 0. The predicted molar refractivity (Wildman–Crippen MR) is 62.7 cm³/mol. The van der Waals surface area contributed by atoms with Crippen molar-refractivity contribution in [3.05, 3.63) is 11.1 Å². The zero-order chi connectivity index (χ0) is 11.4. The summed E-state index contributed by atoms with van der Waals surface area (Å²) in [6.45, 7) is 3.97. The number of anilines is 1. The van der Waals surface area contributed by atoms with Crippen molar-refractivity contribution >= 4 is 22.3 Å². The van der Waals surface area contributed by atoms with E-state index < -0.39 is 0 Å². The standard InChI is InChI=1S/C9H16N4OS/c1-6-5-15-9(11-6)13(3)7(2)4-8(10)12-14/h5,7,14H,4H2,1-3H3,(H2,10,12). The molecule has 0 amide bonds. The molecule has 0 radical (unpaired) electrons. The van der Waals surface area contributed by atoms with Crippen molar-refractivity contribution < 1.29 is 5.21 Å². The quantitative estimate of drug-likeness (QED) is 0.354. The third-order valence-corrected chi connectivity index (χ3v) is 3.25. The second-order valence-electron chi connectivity index (χ2n) is 3.53. The number of hydrogen-bond donors (Lipinski definition) is 2. The van der Waals surface area contributed by atoms with Gasteiger partial charge in [-0.25, -0.2) is 4.98 Å². The summed E-state index contributed by atoms with van der Waals surface area (Å²) in [6.07, 6.45) is 0.519. The number of nitrogens with two attached hydrogens (primary N) is 1. The number of amidine groups is 1. The normalized spacial score (nSPS) is 13.9. The average molecular weight is 228 g/mol. The van der Waals surface area contributed by atoms with Crippen LogP contribution in [0.3, 0.4) is 0 Å². The maximum absolute atomic E-state index is 8.47. The predicted octanol–water partition coefficient (Wildman–Crippen LogP) is 1.41. The summed E-state index contributed by atoms with van der Waals surface area (Å²) in [6, 6.07) is 0.159.